The number of hydrogen-bond donors (Lipinski definition) is 4. The Hall–Kier alpha value is -2.55. The van der Waals surface area contributed by atoms with Crippen LogP contribution in [0.15, 0.2) is 41.6 Å². The molecule has 8 nitrogen and oxygen atoms in total. The number of H-pyrrole nitrogens is 1. The summed E-state index contributed by atoms with van der Waals surface area (Å²) in [4.78, 5) is 0.0348. The highest BCUT2D eigenvalue weighted by molar-refractivity contribution is 7.92. The van der Waals surface area contributed by atoms with Gasteiger partial charge in [0.05, 0.1) is 11.9 Å². The number of ether oxygens (including phenoxy) is 1. The summed E-state index contributed by atoms with van der Waals surface area (Å²) in [5, 5.41) is 13.1. The molecule has 0 fully saturated rings. The number of aromatic nitrogens is 2. The second-order valence-corrected chi connectivity index (χ2v) is 5.56. The fourth-order valence-corrected chi connectivity index (χ4v) is 2.36. The van der Waals surface area contributed by atoms with Crippen LogP contribution in [0.4, 0.5) is 5.69 Å². The molecule has 1 heterocycles. The van der Waals surface area contributed by atoms with Gasteiger partial charge in [-0.25, -0.2) is 8.42 Å². The third-order valence-corrected chi connectivity index (χ3v) is 3.61. The first-order chi connectivity index (χ1) is 9.47. The van der Waals surface area contributed by atoms with Crippen molar-refractivity contribution in [2.24, 2.45) is 5.73 Å². The van der Waals surface area contributed by atoms with Crippen molar-refractivity contribution < 1.29 is 13.2 Å². The molecule has 0 aliphatic heterocycles. The van der Waals surface area contributed by atoms with E-state index in [-0.39, 0.29) is 17.3 Å². The Labute approximate surface area is 115 Å². The van der Waals surface area contributed by atoms with Gasteiger partial charge in [-0.3, -0.25) is 15.2 Å². The van der Waals surface area contributed by atoms with E-state index in [1.807, 2.05) is 0 Å². The molecular formula is C11H13N5O3S. The van der Waals surface area contributed by atoms with Gasteiger partial charge in [0.25, 0.3) is 10.0 Å². The fraction of sp³-hybridized carbons (Fsp3) is 0.0909. The van der Waals surface area contributed by atoms with Crippen molar-refractivity contribution >= 4 is 21.5 Å². The fourth-order valence-electron chi connectivity index (χ4n) is 1.41. The van der Waals surface area contributed by atoms with Gasteiger partial charge in [-0.2, -0.15) is 5.10 Å². The molecule has 5 N–H and O–H groups in total. The molecule has 0 radical (unpaired) electrons. The van der Waals surface area contributed by atoms with Crippen molar-refractivity contribution in [2.75, 3.05) is 11.3 Å². The molecule has 2 rings (SSSR count). The second kappa shape index (κ2) is 5.61. The molecule has 20 heavy (non-hydrogen) atoms. The lowest BCUT2D eigenvalue weighted by Crippen LogP contribution is -2.19. The highest BCUT2D eigenvalue weighted by atomic mass is 32.2. The van der Waals surface area contributed by atoms with Crippen LogP contribution in [-0.2, 0) is 10.0 Å². The Balaban J connectivity index is 2.14. The minimum atomic E-state index is -3.68. The predicted octanol–water partition coefficient (Wildman–Crippen LogP) is 0.525. The molecule has 106 valence electrons. The average Bonchev–Trinajstić information content (AvgIpc) is 2.91. The molecule has 9 heteroatoms. The zero-order chi connectivity index (χ0) is 14.6. The molecule has 1 aromatic heterocycles. The summed E-state index contributed by atoms with van der Waals surface area (Å²) in [5.74, 6) is 0.293. The molecule has 0 unspecified atom stereocenters. The highest BCUT2D eigenvalue weighted by Crippen LogP contribution is 2.20. The van der Waals surface area contributed by atoms with Gasteiger partial charge < -0.3 is 10.5 Å². The number of anilines is 1. The standard InChI is InChI=1S/C11H13N5O3S/c12-11(13)7-19-9-3-1-2-8(4-9)16-20(17,18)10-5-14-15-6-10/h1-6,16H,7H2,(H3,12,13)(H,14,15). The van der Waals surface area contributed by atoms with Gasteiger partial charge in [0, 0.05) is 12.3 Å². The van der Waals surface area contributed by atoms with Crippen molar-refractivity contribution in [1.29, 1.82) is 5.41 Å². The van der Waals surface area contributed by atoms with Gasteiger partial charge in [0.2, 0.25) is 0 Å². The molecule has 0 amide bonds. The lowest BCUT2D eigenvalue weighted by Gasteiger charge is -2.09. The van der Waals surface area contributed by atoms with E-state index in [0.717, 1.165) is 0 Å². The number of rotatable bonds is 6. The maximum atomic E-state index is 12.0. The summed E-state index contributed by atoms with van der Waals surface area (Å²) in [6, 6.07) is 6.35. The predicted molar refractivity (Wildman–Crippen MR) is 73.2 cm³/mol. The van der Waals surface area contributed by atoms with Crippen LogP contribution in [-0.4, -0.2) is 31.1 Å². The number of nitrogens with two attached hydrogens (primary N) is 1. The third kappa shape index (κ3) is 3.48. The van der Waals surface area contributed by atoms with Crippen LogP contribution >= 0.6 is 0 Å². The summed E-state index contributed by atoms with van der Waals surface area (Å²) in [6.07, 6.45) is 2.48. The number of hydrogen-bond acceptors (Lipinski definition) is 5. The van der Waals surface area contributed by atoms with Crippen LogP contribution in [0.1, 0.15) is 0 Å². The molecule has 1 aromatic carbocycles. The Kier molecular flexibility index (Phi) is 3.89. The minimum Gasteiger partial charge on any atom is -0.486 e. The molecule has 0 aliphatic carbocycles. The lowest BCUT2D eigenvalue weighted by atomic mass is 10.3. The maximum absolute atomic E-state index is 12.0. The number of amidine groups is 1. The van der Waals surface area contributed by atoms with Gasteiger partial charge in [0.15, 0.2) is 0 Å². The number of nitrogens with zero attached hydrogens (tertiary/aromatic N) is 1. The molecule has 0 atom stereocenters. The van der Waals surface area contributed by atoms with E-state index < -0.39 is 10.0 Å². The summed E-state index contributed by atoms with van der Waals surface area (Å²) >= 11 is 0. The summed E-state index contributed by atoms with van der Waals surface area (Å²) in [7, 11) is -3.68. The van der Waals surface area contributed by atoms with E-state index >= 15 is 0 Å². The van der Waals surface area contributed by atoms with Crippen LogP contribution in [0.5, 0.6) is 5.75 Å². The number of benzene rings is 1. The van der Waals surface area contributed by atoms with E-state index in [1.165, 1.54) is 18.5 Å². The van der Waals surface area contributed by atoms with Crippen molar-refractivity contribution in [2.45, 2.75) is 4.90 Å². The summed E-state index contributed by atoms with van der Waals surface area (Å²) in [5.41, 5.74) is 5.52. The van der Waals surface area contributed by atoms with Crippen LogP contribution in [0.2, 0.25) is 0 Å². The van der Waals surface area contributed by atoms with Gasteiger partial charge in [0.1, 0.15) is 23.1 Å². The van der Waals surface area contributed by atoms with E-state index in [0.29, 0.717) is 11.4 Å². The normalized spacial score (nSPS) is 11.0. The maximum Gasteiger partial charge on any atom is 0.265 e. The van der Waals surface area contributed by atoms with Crippen molar-refractivity contribution in [3.8, 4) is 5.75 Å². The van der Waals surface area contributed by atoms with E-state index in [9.17, 15) is 8.42 Å². The first-order valence-corrected chi connectivity index (χ1v) is 7.03. The Morgan fingerprint density at radius 3 is 2.95 bits per heavy atom. The van der Waals surface area contributed by atoms with Gasteiger partial charge in [-0.15, -0.1) is 0 Å². The third-order valence-electron chi connectivity index (χ3n) is 2.26. The number of aromatic amines is 1. The van der Waals surface area contributed by atoms with Crippen LogP contribution < -0.4 is 15.2 Å². The van der Waals surface area contributed by atoms with Gasteiger partial charge in [-0.05, 0) is 12.1 Å². The highest BCUT2D eigenvalue weighted by Gasteiger charge is 2.15. The zero-order valence-corrected chi connectivity index (χ0v) is 11.1. The molecule has 0 saturated heterocycles. The average molecular weight is 295 g/mol. The molecule has 2 aromatic rings. The largest absolute Gasteiger partial charge is 0.486 e. The zero-order valence-electron chi connectivity index (χ0n) is 10.3. The van der Waals surface area contributed by atoms with E-state index in [1.54, 1.807) is 18.2 Å². The molecule has 0 saturated carbocycles. The first-order valence-electron chi connectivity index (χ1n) is 5.55. The summed E-state index contributed by atoms with van der Waals surface area (Å²) < 4.78 is 31.6. The van der Waals surface area contributed by atoms with E-state index in [2.05, 4.69) is 14.9 Å². The SMILES string of the molecule is N=C(N)COc1cccc(NS(=O)(=O)c2cn[nH]c2)c1. The van der Waals surface area contributed by atoms with E-state index in [4.69, 9.17) is 15.9 Å². The second-order valence-electron chi connectivity index (χ2n) is 3.88. The van der Waals surface area contributed by atoms with Gasteiger partial charge in [-0.1, -0.05) is 6.07 Å². The van der Waals surface area contributed by atoms with Crippen molar-refractivity contribution in [3.63, 3.8) is 0 Å². The molecular weight excluding hydrogens is 282 g/mol. The number of sulfonamides is 1. The Morgan fingerprint density at radius 1 is 1.50 bits per heavy atom. The van der Waals surface area contributed by atoms with Crippen molar-refractivity contribution in [1.82, 2.24) is 10.2 Å². The van der Waals surface area contributed by atoms with Gasteiger partial charge >= 0.3 is 0 Å². The summed E-state index contributed by atoms with van der Waals surface area (Å²) in [6.45, 7) is -0.0576. The molecule has 0 aliphatic rings. The monoisotopic (exact) mass is 295 g/mol. The van der Waals surface area contributed by atoms with Crippen molar-refractivity contribution in [3.05, 3.63) is 36.7 Å². The first kappa shape index (κ1) is 13.9. The topological polar surface area (TPSA) is 134 Å². The van der Waals surface area contributed by atoms with Crippen LogP contribution in [0, 0.1) is 5.41 Å². The smallest absolute Gasteiger partial charge is 0.265 e. The van der Waals surface area contributed by atoms with Crippen LogP contribution in [0.25, 0.3) is 0 Å². The quantitative estimate of drug-likeness (QED) is 0.455. The Bertz CT molecular complexity index is 697. The molecule has 0 spiro atoms. The van der Waals surface area contributed by atoms with Crippen LogP contribution in [0.3, 0.4) is 0 Å². The molecule has 0 bridgehead atoms. The lowest BCUT2D eigenvalue weighted by molar-refractivity contribution is 0.374. The Morgan fingerprint density at radius 2 is 2.30 bits per heavy atom. The minimum absolute atomic E-state index is 0.0348. The number of nitrogens with one attached hydrogen (secondary N) is 3.